The van der Waals surface area contributed by atoms with Crippen molar-refractivity contribution in [1.29, 1.82) is 0 Å². The Morgan fingerprint density at radius 3 is 1.74 bits per heavy atom. The van der Waals surface area contributed by atoms with Crippen molar-refractivity contribution in [3.05, 3.63) is 108 Å². The standard InChI is InChI=1S/C40H48O2/c1-28(41)35-21-22-36-34-20-19-32-27-33(23-25-38(32,2)37(34)24-26-39(35,36)3)42-40(29-13-7-4-8-14-29,30-15-9-5-10-16-30)31-17-11-6-12-18-31/h4-18,32-37H,19-27H2,1-3H3. The van der Waals surface area contributed by atoms with E-state index in [1.165, 1.54) is 55.2 Å². The zero-order chi connectivity index (χ0) is 29.0. The minimum absolute atomic E-state index is 0.211. The van der Waals surface area contributed by atoms with Gasteiger partial charge in [-0.05, 0) is 116 Å². The van der Waals surface area contributed by atoms with E-state index in [0.717, 1.165) is 37.0 Å². The molecule has 8 atom stereocenters. The molecule has 3 aromatic rings. The highest BCUT2D eigenvalue weighted by Gasteiger charge is 2.61. The van der Waals surface area contributed by atoms with Gasteiger partial charge in [0.1, 0.15) is 11.4 Å². The van der Waals surface area contributed by atoms with Crippen LogP contribution in [-0.4, -0.2) is 11.9 Å². The van der Waals surface area contributed by atoms with Crippen LogP contribution in [0.2, 0.25) is 0 Å². The summed E-state index contributed by atoms with van der Waals surface area (Å²) >= 11 is 0. The summed E-state index contributed by atoms with van der Waals surface area (Å²) in [6.07, 6.45) is 11.3. The first-order chi connectivity index (χ1) is 20.4. The molecule has 2 nitrogen and oxygen atoms in total. The minimum atomic E-state index is -0.641. The van der Waals surface area contributed by atoms with Gasteiger partial charge in [-0.3, -0.25) is 4.79 Å². The van der Waals surface area contributed by atoms with E-state index in [0.29, 0.717) is 23.0 Å². The van der Waals surface area contributed by atoms with Crippen LogP contribution >= 0.6 is 0 Å². The Bertz CT molecular complexity index is 1290. The van der Waals surface area contributed by atoms with E-state index < -0.39 is 5.60 Å². The number of hydrogen-bond donors (Lipinski definition) is 0. The molecular weight excluding hydrogens is 512 g/mol. The lowest BCUT2D eigenvalue weighted by Crippen LogP contribution is -2.54. The molecule has 0 saturated heterocycles. The SMILES string of the molecule is CC(=O)C1CCC2C3CCC4CC(OC(c5ccccc5)(c5ccccc5)c5ccccc5)CCC4(C)C3CCC12C. The molecule has 3 aromatic carbocycles. The summed E-state index contributed by atoms with van der Waals surface area (Å²) in [7, 11) is 0. The Labute approximate surface area is 253 Å². The molecule has 0 radical (unpaired) electrons. The molecule has 4 fully saturated rings. The summed E-state index contributed by atoms with van der Waals surface area (Å²) in [4.78, 5) is 12.6. The maximum absolute atomic E-state index is 12.6. The monoisotopic (exact) mass is 560 g/mol. The molecule has 42 heavy (non-hydrogen) atoms. The third kappa shape index (κ3) is 4.35. The Kier molecular flexibility index (Phi) is 7.21. The first kappa shape index (κ1) is 28.1. The first-order valence-corrected chi connectivity index (χ1v) is 16.7. The second-order valence-corrected chi connectivity index (χ2v) is 14.7. The molecule has 8 unspecified atom stereocenters. The second kappa shape index (κ2) is 10.8. The van der Waals surface area contributed by atoms with Crippen LogP contribution in [-0.2, 0) is 15.1 Å². The fourth-order valence-corrected chi connectivity index (χ4v) is 11.0. The van der Waals surface area contributed by atoms with Crippen LogP contribution in [0.4, 0.5) is 0 Å². The van der Waals surface area contributed by atoms with Crippen molar-refractivity contribution in [2.45, 2.75) is 90.3 Å². The topological polar surface area (TPSA) is 26.3 Å². The summed E-state index contributed by atoms with van der Waals surface area (Å²) in [5, 5.41) is 0. The molecule has 0 spiro atoms. The van der Waals surface area contributed by atoms with Crippen molar-refractivity contribution in [3.63, 3.8) is 0 Å². The summed E-state index contributed by atoms with van der Waals surface area (Å²) < 4.78 is 7.56. The highest BCUT2D eigenvalue weighted by atomic mass is 16.5. The largest absolute Gasteiger partial charge is 0.358 e. The average Bonchev–Trinajstić information content (AvgIpc) is 3.39. The van der Waals surface area contributed by atoms with Gasteiger partial charge < -0.3 is 4.74 Å². The molecule has 2 heteroatoms. The van der Waals surface area contributed by atoms with E-state index >= 15 is 0 Å². The molecule has 4 aliphatic rings. The maximum Gasteiger partial charge on any atom is 0.144 e. The molecule has 0 bridgehead atoms. The van der Waals surface area contributed by atoms with Gasteiger partial charge in [0.25, 0.3) is 0 Å². The molecule has 220 valence electrons. The third-order valence-electron chi connectivity index (χ3n) is 13.0. The molecule has 0 aliphatic heterocycles. The summed E-state index contributed by atoms with van der Waals surface area (Å²) in [6, 6.07) is 32.7. The van der Waals surface area contributed by atoms with E-state index in [1.807, 2.05) is 6.92 Å². The maximum atomic E-state index is 12.6. The van der Waals surface area contributed by atoms with Gasteiger partial charge in [-0.15, -0.1) is 0 Å². The van der Waals surface area contributed by atoms with E-state index in [9.17, 15) is 4.79 Å². The van der Waals surface area contributed by atoms with Crippen molar-refractivity contribution < 1.29 is 9.53 Å². The molecule has 7 rings (SSSR count). The van der Waals surface area contributed by atoms with Gasteiger partial charge in [-0.25, -0.2) is 0 Å². The highest BCUT2D eigenvalue weighted by Crippen LogP contribution is 2.67. The third-order valence-corrected chi connectivity index (χ3v) is 13.0. The smallest absolute Gasteiger partial charge is 0.144 e. The predicted octanol–water partition coefficient (Wildman–Crippen LogP) is 9.61. The zero-order valence-electron chi connectivity index (χ0n) is 25.8. The van der Waals surface area contributed by atoms with Crippen molar-refractivity contribution in [3.8, 4) is 0 Å². The van der Waals surface area contributed by atoms with Gasteiger partial charge >= 0.3 is 0 Å². The van der Waals surface area contributed by atoms with Gasteiger partial charge in [-0.1, -0.05) is 105 Å². The van der Waals surface area contributed by atoms with Gasteiger partial charge in [0.05, 0.1) is 6.10 Å². The summed E-state index contributed by atoms with van der Waals surface area (Å²) in [5.41, 5.74) is 3.58. The molecule has 0 amide bonds. The lowest BCUT2D eigenvalue weighted by molar-refractivity contribution is -0.153. The highest BCUT2D eigenvalue weighted by molar-refractivity contribution is 5.79. The van der Waals surface area contributed by atoms with Crippen LogP contribution in [0.25, 0.3) is 0 Å². The number of ether oxygens (including phenoxy) is 1. The average molecular weight is 561 g/mol. The number of benzene rings is 3. The molecule has 4 aliphatic carbocycles. The van der Waals surface area contributed by atoms with Gasteiger partial charge in [0, 0.05) is 5.92 Å². The number of carbonyl (C=O) groups excluding carboxylic acids is 1. The zero-order valence-corrected chi connectivity index (χ0v) is 25.8. The van der Waals surface area contributed by atoms with Crippen LogP contribution in [0.15, 0.2) is 91.0 Å². The predicted molar refractivity (Wildman–Crippen MR) is 170 cm³/mol. The second-order valence-electron chi connectivity index (χ2n) is 14.7. The van der Waals surface area contributed by atoms with Gasteiger partial charge in [0.2, 0.25) is 0 Å². The first-order valence-electron chi connectivity index (χ1n) is 16.7. The number of Topliss-reactive ketones (excluding diaryl/α,β-unsaturated/α-hetero) is 1. The lowest BCUT2D eigenvalue weighted by atomic mass is 9.44. The molecule has 0 aromatic heterocycles. The van der Waals surface area contributed by atoms with Gasteiger partial charge in [-0.2, -0.15) is 0 Å². The van der Waals surface area contributed by atoms with Crippen LogP contribution in [0.3, 0.4) is 0 Å². The number of hydrogen-bond acceptors (Lipinski definition) is 2. The fourth-order valence-electron chi connectivity index (χ4n) is 11.0. The van der Waals surface area contributed by atoms with Crippen molar-refractivity contribution >= 4 is 5.78 Å². The Balaban J connectivity index is 1.19. The number of rotatable bonds is 6. The quantitative estimate of drug-likeness (QED) is 0.281. The van der Waals surface area contributed by atoms with Crippen LogP contribution in [0.5, 0.6) is 0 Å². The number of carbonyl (C=O) groups is 1. The summed E-state index contributed by atoms with van der Waals surface area (Å²) in [5.74, 6) is 3.76. The Morgan fingerprint density at radius 2 is 1.19 bits per heavy atom. The van der Waals surface area contributed by atoms with E-state index in [1.54, 1.807) is 0 Å². The number of fused-ring (bicyclic) bond motifs is 5. The van der Waals surface area contributed by atoms with Crippen molar-refractivity contribution in [1.82, 2.24) is 0 Å². The minimum Gasteiger partial charge on any atom is -0.358 e. The fraction of sp³-hybridized carbons (Fsp3) is 0.525. The van der Waals surface area contributed by atoms with Crippen molar-refractivity contribution in [2.24, 2.45) is 40.4 Å². The molecule has 0 N–H and O–H groups in total. The van der Waals surface area contributed by atoms with Crippen LogP contribution in [0.1, 0.15) is 95.2 Å². The summed E-state index contributed by atoms with van der Waals surface area (Å²) in [6.45, 7) is 6.97. The van der Waals surface area contributed by atoms with Gasteiger partial charge in [0.15, 0.2) is 0 Å². The van der Waals surface area contributed by atoms with Crippen LogP contribution in [0, 0.1) is 40.4 Å². The normalized spacial score (nSPS) is 36.0. The van der Waals surface area contributed by atoms with E-state index in [-0.39, 0.29) is 11.5 Å². The lowest BCUT2D eigenvalue weighted by Gasteiger charge is -2.61. The molecule has 4 saturated carbocycles. The Hall–Kier alpha value is -2.71. The van der Waals surface area contributed by atoms with Crippen LogP contribution < -0.4 is 0 Å². The van der Waals surface area contributed by atoms with E-state index in [4.69, 9.17) is 4.74 Å². The van der Waals surface area contributed by atoms with E-state index in [2.05, 4.69) is 105 Å². The number of ketones is 1. The molecular formula is C40H48O2. The molecule has 0 heterocycles. The van der Waals surface area contributed by atoms with Crippen molar-refractivity contribution in [2.75, 3.05) is 0 Å². The Morgan fingerprint density at radius 1 is 0.667 bits per heavy atom.